The first-order chi connectivity index (χ1) is 10.6. The molecule has 8 heteroatoms. The fourth-order valence-electron chi connectivity index (χ4n) is 1.73. The summed E-state index contributed by atoms with van der Waals surface area (Å²) in [6.07, 6.45) is 2.37. The van der Waals surface area contributed by atoms with E-state index in [-0.39, 0.29) is 24.1 Å². The molecule has 23 heavy (non-hydrogen) atoms. The molecule has 134 valence electrons. The Morgan fingerprint density at radius 2 is 1.78 bits per heavy atom. The molecule has 0 aliphatic carbocycles. The molecule has 0 aromatic rings. The molecular weight excluding hydrogens is 336 g/mol. The highest BCUT2D eigenvalue weighted by molar-refractivity contribution is 8.76. The minimum absolute atomic E-state index is 0.0816. The van der Waals surface area contributed by atoms with Crippen molar-refractivity contribution in [2.45, 2.75) is 58.2 Å². The molecule has 6 nitrogen and oxygen atoms in total. The number of hydrogen-bond acceptors (Lipinski definition) is 7. The number of amides is 1. The SMILES string of the molecule is CNC(CCC(=O)OC(C)(C)C)C(=O)NC(CSSC)C(C)=O. The number of ketones is 1. The zero-order valence-electron chi connectivity index (χ0n) is 14.7. The van der Waals surface area contributed by atoms with E-state index < -0.39 is 17.7 Å². The van der Waals surface area contributed by atoms with Crippen molar-refractivity contribution in [3.8, 4) is 0 Å². The van der Waals surface area contributed by atoms with E-state index in [9.17, 15) is 14.4 Å². The van der Waals surface area contributed by atoms with Crippen molar-refractivity contribution in [2.24, 2.45) is 0 Å². The third-order valence-electron chi connectivity index (χ3n) is 2.88. The summed E-state index contributed by atoms with van der Waals surface area (Å²) in [6.45, 7) is 6.86. The fourth-order valence-corrected chi connectivity index (χ4v) is 3.14. The van der Waals surface area contributed by atoms with Crippen LogP contribution in [0.5, 0.6) is 0 Å². The number of carbonyl (C=O) groups is 3. The van der Waals surface area contributed by atoms with Crippen molar-refractivity contribution < 1.29 is 19.1 Å². The molecule has 0 saturated heterocycles. The molecule has 0 aromatic carbocycles. The second-order valence-corrected chi connectivity index (χ2v) is 8.70. The van der Waals surface area contributed by atoms with E-state index in [1.54, 1.807) is 38.6 Å². The van der Waals surface area contributed by atoms with Gasteiger partial charge in [0.25, 0.3) is 0 Å². The molecule has 0 bridgehead atoms. The number of Topliss-reactive ketones (excluding diaryl/α,β-unsaturated/α-hetero) is 1. The number of rotatable bonds is 10. The normalized spacial score (nSPS) is 14.0. The molecule has 1 amide bonds. The first-order valence-corrected chi connectivity index (χ1v) is 10.2. The summed E-state index contributed by atoms with van der Waals surface area (Å²) in [5.74, 6) is -0.184. The number of nitrogens with one attached hydrogen (secondary N) is 2. The molecular formula is C15H28N2O4S2. The fraction of sp³-hybridized carbons (Fsp3) is 0.800. The van der Waals surface area contributed by atoms with Gasteiger partial charge < -0.3 is 15.4 Å². The van der Waals surface area contributed by atoms with Crippen molar-refractivity contribution >= 4 is 39.2 Å². The predicted molar refractivity (Wildman–Crippen MR) is 96.5 cm³/mol. The zero-order valence-corrected chi connectivity index (χ0v) is 16.4. The van der Waals surface area contributed by atoms with Gasteiger partial charge in [0.15, 0.2) is 5.78 Å². The van der Waals surface area contributed by atoms with Gasteiger partial charge in [-0.05, 0) is 47.4 Å². The summed E-state index contributed by atoms with van der Waals surface area (Å²) in [6, 6.07) is -1.05. The Morgan fingerprint density at radius 3 is 2.22 bits per heavy atom. The summed E-state index contributed by atoms with van der Waals surface area (Å²) in [4.78, 5) is 35.6. The van der Waals surface area contributed by atoms with Crippen LogP contribution in [-0.2, 0) is 19.1 Å². The quantitative estimate of drug-likeness (QED) is 0.451. The lowest BCUT2D eigenvalue weighted by molar-refractivity contribution is -0.155. The zero-order chi connectivity index (χ0) is 18.0. The Kier molecular flexibility index (Phi) is 10.6. The lowest BCUT2D eigenvalue weighted by Gasteiger charge is -2.22. The van der Waals surface area contributed by atoms with Crippen LogP contribution in [-0.4, -0.2) is 54.4 Å². The molecule has 2 unspecified atom stereocenters. The van der Waals surface area contributed by atoms with Gasteiger partial charge in [0.2, 0.25) is 5.91 Å². The molecule has 0 aliphatic heterocycles. The predicted octanol–water partition coefficient (Wildman–Crippen LogP) is 1.78. The van der Waals surface area contributed by atoms with Gasteiger partial charge in [-0.1, -0.05) is 21.6 Å². The second kappa shape index (κ2) is 10.9. The van der Waals surface area contributed by atoms with E-state index in [2.05, 4.69) is 10.6 Å². The topological polar surface area (TPSA) is 84.5 Å². The molecule has 0 heterocycles. The van der Waals surface area contributed by atoms with Crippen molar-refractivity contribution in [1.82, 2.24) is 10.6 Å². The maximum absolute atomic E-state index is 12.3. The molecule has 2 atom stereocenters. The molecule has 0 spiro atoms. The van der Waals surface area contributed by atoms with E-state index in [0.29, 0.717) is 12.2 Å². The summed E-state index contributed by atoms with van der Waals surface area (Å²) in [5, 5.41) is 5.61. The number of carbonyl (C=O) groups excluding carboxylic acids is 3. The van der Waals surface area contributed by atoms with Gasteiger partial charge in [0, 0.05) is 12.2 Å². The summed E-state index contributed by atoms with van der Waals surface area (Å²) in [5.41, 5.74) is -0.538. The average molecular weight is 365 g/mol. The summed E-state index contributed by atoms with van der Waals surface area (Å²) < 4.78 is 5.23. The van der Waals surface area contributed by atoms with Crippen LogP contribution in [0.4, 0.5) is 0 Å². The maximum Gasteiger partial charge on any atom is 0.306 e. The van der Waals surface area contributed by atoms with Gasteiger partial charge >= 0.3 is 5.97 Å². The van der Waals surface area contributed by atoms with Gasteiger partial charge in [-0.25, -0.2) is 0 Å². The Hall–Kier alpha value is -0.730. The second-order valence-electron chi connectivity index (χ2n) is 6.09. The van der Waals surface area contributed by atoms with Crippen LogP contribution in [0.25, 0.3) is 0 Å². The Bertz CT molecular complexity index is 411. The van der Waals surface area contributed by atoms with Gasteiger partial charge in [-0.15, -0.1) is 0 Å². The smallest absolute Gasteiger partial charge is 0.306 e. The van der Waals surface area contributed by atoms with Crippen LogP contribution >= 0.6 is 21.6 Å². The number of hydrogen-bond donors (Lipinski definition) is 2. The van der Waals surface area contributed by atoms with Gasteiger partial charge in [-0.3, -0.25) is 14.4 Å². The lowest BCUT2D eigenvalue weighted by Crippen LogP contribution is -2.50. The van der Waals surface area contributed by atoms with E-state index in [1.165, 1.54) is 17.7 Å². The molecule has 0 rings (SSSR count). The van der Waals surface area contributed by atoms with E-state index in [1.807, 2.05) is 6.26 Å². The highest BCUT2D eigenvalue weighted by Crippen LogP contribution is 2.18. The lowest BCUT2D eigenvalue weighted by atomic mass is 10.1. The molecule has 0 radical (unpaired) electrons. The first-order valence-electron chi connectivity index (χ1n) is 7.46. The average Bonchev–Trinajstić information content (AvgIpc) is 2.41. The first kappa shape index (κ1) is 22.3. The maximum atomic E-state index is 12.3. The monoisotopic (exact) mass is 364 g/mol. The van der Waals surface area contributed by atoms with Crippen LogP contribution in [0.1, 0.15) is 40.5 Å². The van der Waals surface area contributed by atoms with Crippen molar-refractivity contribution in [3.63, 3.8) is 0 Å². The largest absolute Gasteiger partial charge is 0.460 e. The standard InChI is InChI=1S/C15H28N2O4S2/c1-10(18)12(9-23-22-6)17-14(20)11(16-5)7-8-13(19)21-15(2,3)4/h11-12,16H,7-9H2,1-6H3,(H,17,20). The Balaban J connectivity index is 4.50. The van der Waals surface area contributed by atoms with Crippen molar-refractivity contribution in [3.05, 3.63) is 0 Å². The van der Waals surface area contributed by atoms with Crippen molar-refractivity contribution in [2.75, 3.05) is 19.1 Å². The third-order valence-corrected chi connectivity index (χ3v) is 4.70. The van der Waals surface area contributed by atoms with E-state index >= 15 is 0 Å². The van der Waals surface area contributed by atoms with Crippen molar-refractivity contribution in [1.29, 1.82) is 0 Å². The van der Waals surface area contributed by atoms with Crippen LogP contribution in [0, 0.1) is 0 Å². The van der Waals surface area contributed by atoms with Gasteiger partial charge in [-0.2, -0.15) is 0 Å². The van der Waals surface area contributed by atoms with Crippen LogP contribution in [0.2, 0.25) is 0 Å². The van der Waals surface area contributed by atoms with Gasteiger partial charge in [0.1, 0.15) is 5.60 Å². The van der Waals surface area contributed by atoms with Gasteiger partial charge in [0.05, 0.1) is 12.1 Å². The third kappa shape index (κ3) is 10.6. The van der Waals surface area contributed by atoms with E-state index in [0.717, 1.165) is 0 Å². The van der Waals surface area contributed by atoms with Crippen LogP contribution in [0.3, 0.4) is 0 Å². The highest BCUT2D eigenvalue weighted by Gasteiger charge is 2.24. The molecule has 0 aliphatic rings. The number of esters is 1. The van der Waals surface area contributed by atoms with Crippen LogP contribution in [0.15, 0.2) is 0 Å². The molecule has 2 N–H and O–H groups in total. The number of ether oxygens (including phenoxy) is 1. The van der Waals surface area contributed by atoms with E-state index in [4.69, 9.17) is 4.74 Å². The molecule has 0 aromatic heterocycles. The Labute approximate surface area is 146 Å². The summed E-state index contributed by atoms with van der Waals surface area (Å²) >= 11 is 0. The van der Waals surface area contributed by atoms with Crippen LogP contribution < -0.4 is 10.6 Å². The molecule has 0 saturated carbocycles. The molecule has 0 fully saturated rings. The minimum Gasteiger partial charge on any atom is -0.460 e. The highest BCUT2D eigenvalue weighted by atomic mass is 33.1. The minimum atomic E-state index is -0.538. The summed E-state index contributed by atoms with van der Waals surface area (Å²) in [7, 11) is 4.71. The Morgan fingerprint density at radius 1 is 1.17 bits per heavy atom. The number of likely N-dealkylation sites (N-methyl/N-ethyl adjacent to an activating group) is 1.